The summed E-state index contributed by atoms with van der Waals surface area (Å²) in [6.45, 7) is 2.23. The van der Waals surface area contributed by atoms with Crippen LogP contribution in [-0.2, 0) is 9.53 Å². The van der Waals surface area contributed by atoms with Crippen LogP contribution in [0.1, 0.15) is 19.8 Å². The number of carbonyl (C=O) groups is 1. The van der Waals surface area contributed by atoms with Crippen molar-refractivity contribution in [3.8, 4) is 0 Å². The molecule has 0 bridgehead atoms. The van der Waals surface area contributed by atoms with Gasteiger partial charge in [-0.1, -0.05) is 0 Å². The molecule has 1 rings (SSSR count). The smallest absolute Gasteiger partial charge is 0.332 e. The summed E-state index contributed by atoms with van der Waals surface area (Å²) in [5, 5.41) is 24.2. The lowest BCUT2D eigenvalue weighted by Gasteiger charge is -2.00. The second-order valence-electron chi connectivity index (χ2n) is 2.83. The van der Waals surface area contributed by atoms with Gasteiger partial charge in [-0.3, -0.25) is 0 Å². The number of hydrogen-bond acceptors (Lipinski definition) is 4. The fourth-order valence-electron chi connectivity index (χ4n) is 0.788. The summed E-state index contributed by atoms with van der Waals surface area (Å²) in [5.41, 5.74) is 0. The van der Waals surface area contributed by atoms with Crippen LogP contribution in [0.25, 0.3) is 0 Å². The minimum atomic E-state index is -1.23. The Morgan fingerprint density at radius 1 is 1.69 bits per heavy atom. The van der Waals surface area contributed by atoms with Crippen molar-refractivity contribution in [3.63, 3.8) is 0 Å². The first-order chi connectivity index (χ1) is 6.07. The molecular weight excluding hydrogens is 176 g/mol. The van der Waals surface area contributed by atoms with Crippen LogP contribution in [0.2, 0.25) is 0 Å². The van der Waals surface area contributed by atoms with Gasteiger partial charge in [0.05, 0.1) is 12.7 Å². The van der Waals surface area contributed by atoms with Gasteiger partial charge >= 0.3 is 5.97 Å². The molecule has 3 N–H and O–H groups in total. The van der Waals surface area contributed by atoms with Crippen LogP contribution in [0.4, 0.5) is 0 Å². The average molecular weight is 192 g/mol. The first kappa shape index (κ1) is 12.3. The molecule has 0 saturated carbocycles. The Bertz CT molecular complexity index is 139. The topological polar surface area (TPSA) is 87.0 Å². The normalized spacial score (nSPS) is 23.2. The van der Waals surface area contributed by atoms with Crippen molar-refractivity contribution in [1.29, 1.82) is 0 Å². The average Bonchev–Trinajstić information content (AvgIpc) is 2.56. The van der Waals surface area contributed by atoms with E-state index in [4.69, 9.17) is 20.1 Å². The molecule has 1 aliphatic rings. The summed E-state index contributed by atoms with van der Waals surface area (Å²) < 4.78 is 5.05. The Kier molecular flexibility index (Phi) is 6.48. The fraction of sp³-hybridized carbons (Fsp3) is 0.875. The molecule has 0 aromatic carbocycles. The summed E-state index contributed by atoms with van der Waals surface area (Å²) in [6.07, 6.45) is 1.08. The predicted octanol–water partition coefficient (Wildman–Crippen LogP) is -0.391. The van der Waals surface area contributed by atoms with Gasteiger partial charge in [-0.05, 0) is 19.8 Å². The second kappa shape index (κ2) is 6.82. The Morgan fingerprint density at radius 3 is 2.38 bits per heavy atom. The van der Waals surface area contributed by atoms with E-state index in [0.29, 0.717) is 0 Å². The van der Waals surface area contributed by atoms with Crippen molar-refractivity contribution in [1.82, 2.24) is 0 Å². The molecule has 2 unspecified atom stereocenters. The quantitative estimate of drug-likeness (QED) is 0.554. The second-order valence-corrected chi connectivity index (χ2v) is 2.83. The largest absolute Gasteiger partial charge is 0.479 e. The highest BCUT2D eigenvalue weighted by Gasteiger charge is 2.12. The van der Waals surface area contributed by atoms with E-state index < -0.39 is 12.1 Å². The van der Waals surface area contributed by atoms with Crippen LogP contribution < -0.4 is 0 Å². The van der Waals surface area contributed by atoms with Gasteiger partial charge in [0.2, 0.25) is 0 Å². The standard InChI is InChI=1S/C5H10O2.C3H6O3/c6-4-5-2-1-3-7-5;1-2(4)3(5)6/h5-6H,1-4H2;2,4H,1H3,(H,5,6). The minimum absolute atomic E-state index is 0.153. The van der Waals surface area contributed by atoms with E-state index in [1.165, 1.54) is 6.92 Å². The molecule has 2 atom stereocenters. The Labute approximate surface area is 77.0 Å². The number of aliphatic hydroxyl groups excluding tert-OH is 2. The molecule has 0 spiro atoms. The van der Waals surface area contributed by atoms with Crippen molar-refractivity contribution in [2.24, 2.45) is 0 Å². The maximum Gasteiger partial charge on any atom is 0.332 e. The van der Waals surface area contributed by atoms with Crippen molar-refractivity contribution in [2.45, 2.75) is 32.0 Å². The molecule has 0 radical (unpaired) electrons. The highest BCUT2D eigenvalue weighted by atomic mass is 16.5. The van der Waals surface area contributed by atoms with Gasteiger partial charge in [0, 0.05) is 6.61 Å². The number of carboxylic acid groups (broad SMARTS) is 1. The highest BCUT2D eigenvalue weighted by Crippen LogP contribution is 2.09. The lowest BCUT2D eigenvalue weighted by atomic mass is 10.2. The van der Waals surface area contributed by atoms with Crippen LogP contribution >= 0.6 is 0 Å². The molecule has 1 heterocycles. The minimum Gasteiger partial charge on any atom is -0.479 e. The predicted molar refractivity (Wildman–Crippen MR) is 45.4 cm³/mol. The summed E-state index contributed by atoms with van der Waals surface area (Å²) in [6, 6.07) is 0. The first-order valence-corrected chi connectivity index (χ1v) is 4.21. The van der Waals surface area contributed by atoms with Gasteiger partial charge in [-0.25, -0.2) is 4.79 Å². The zero-order valence-corrected chi connectivity index (χ0v) is 7.64. The van der Waals surface area contributed by atoms with Gasteiger partial charge in [-0.15, -0.1) is 0 Å². The van der Waals surface area contributed by atoms with E-state index in [9.17, 15) is 4.79 Å². The highest BCUT2D eigenvalue weighted by molar-refractivity contribution is 5.71. The van der Waals surface area contributed by atoms with Crippen LogP contribution in [0.5, 0.6) is 0 Å². The SMILES string of the molecule is CC(O)C(=O)O.OCC1CCCO1. The zero-order chi connectivity index (χ0) is 10.3. The lowest BCUT2D eigenvalue weighted by Crippen LogP contribution is -2.13. The van der Waals surface area contributed by atoms with E-state index in [2.05, 4.69) is 0 Å². The van der Waals surface area contributed by atoms with Gasteiger partial charge in [0.15, 0.2) is 0 Å². The molecule has 78 valence electrons. The van der Waals surface area contributed by atoms with Crippen LogP contribution in [0, 0.1) is 0 Å². The van der Waals surface area contributed by atoms with Crippen LogP contribution in [0.3, 0.4) is 0 Å². The molecule has 5 heteroatoms. The van der Waals surface area contributed by atoms with Crippen molar-refractivity contribution < 1.29 is 24.9 Å². The summed E-state index contributed by atoms with van der Waals surface area (Å²) in [5.74, 6) is -1.19. The van der Waals surface area contributed by atoms with Crippen LogP contribution in [-0.4, -0.2) is 46.7 Å². The summed E-state index contributed by atoms with van der Waals surface area (Å²) in [7, 11) is 0. The molecule has 0 aliphatic carbocycles. The van der Waals surface area contributed by atoms with Gasteiger partial charge in [0.25, 0.3) is 0 Å². The Morgan fingerprint density at radius 2 is 2.23 bits per heavy atom. The van der Waals surface area contributed by atoms with E-state index in [1.807, 2.05) is 0 Å². The number of rotatable bonds is 2. The molecule has 1 aliphatic heterocycles. The van der Waals surface area contributed by atoms with Crippen molar-refractivity contribution in [2.75, 3.05) is 13.2 Å². The molecule has 1 saturated heterocycles. The number of carboxylic acids is 1. The number of aliphatic carboxylic acids is 1. The molecule has 0 aromatic heterocycles. The number of hydrogen-bond donors (Lipinski definition) is 3. The fourth-order valence-corrected chi connectivity index (χ4v) is 0.788. The van der Waals surface area contributed by atoms with Crippen molar-refractivity contribution in [3.05, 3.63) is 0 Å². The first-order valence-electron chi connectivity index (χ1n) is 4.21. The third-order valence-electron chi connectivity index (χ3n) is 1.59. The summed E-state index contributed by atoms with van der Waals surface area (Å²) >= 11 is 0. The Hall–Kier alpha value is -0.650. The van der Waals surface area contributed by atoms with E-state index in [0.717, 1.165) is 19.4 Å². The number of ether oxygens (including phenoxy) is 1. The van der Waals surface area contributed by atoms with Crippen molar-refractivity contribution >= 4 is 5.97 Å². The monoisotopic (exact) mass is 192 g/mol. The van der Waals surface area contributed by atoms with E-state index >= 15 is 0 Å². The third-order valence-corrected chi connectivity index (χ3v) is 1.59. The molecule has 0 amide bonds. The van der Waals surface area contributed by atoms with E-state index in [-0.39, 0.29) is 12.7 Å². The van der Waals surface area contributed by atoms with Crippen LogP contribution in [0.15, 0.2) is 0 Å². The maximum atomic E-state index is 9.45. The molecular formula is C8H16O5. The maximum absolute atomic E-state index is 9.45. The van der Waals surface area contributed by atoms with Gasteiger partial charge in [-0.2, -0.15) is 0 Å². The Balaban J connectivity index is 0.000000226. The molecule has 13 heavy (non-hydrogen) atoms. The van der Waals surface area contributed by atoms with Gasteiger partial charge in [0.1, 0.15) is 6.10 Å². The molecule has 1 fully saturated rings. The molecule has 0 aromatic rings. The zero-order valence-electron chi connectivity index (χ0n) is 7.64. The van der Waals surface area contributed by atoms with Gasteiger partial charge < -0.3 is 20.1 Å². The molecule has 5 nitrogen and oxygen atoms in total. The summed E-state index contributed by atoms with van der Waals surface area (Å²) in [4.78, 5) is 9.45. The lowest BCUT2D eigenvalue weighted by molar-refractivity contribution is -0.145. The third kappa shape index (κ3) is 6.51. The van der Waals surface area contributed by atoms with E-state index in [1.54, 1.807) is 0 Å². The number of aliphatic hydroxyl groups is 2.